The number of hydrogen-bond donors (Lipinski definition) is 0. The average Bonchev–Trinajstić information content (AvgIpc) is 3.63. The Morgan fingerprint density at radius 2 is 2.06 bits per heavy atom. The molecule has 1 unspecified atom stereocenters. The van der Waals surface area contributed by atoms with Crippen LogP contribution in [0.5, 0.6) is 0 Å². The summed E-state index contributed by atoms with van der Waals surface area (Å²) >= 11 is 0. The number of cyclic esters (lactones) is 1. The Bertz CT molecular complexity index is 1170. The van der Waals surface area contributed by atoms with Crippen LogP contribution in [0.1, 0.15) is 19.0 Å². The number of pyridine rings is 1. The van der Waals surface area contributed by atoms with E-state index in [2.05, 4.69) is 46.4 Å². The predicted octanol–water partition coefficient (Wildman–Crippen LogP) is 3.20. The Kier molecular flexibility index (Phi) is 7.66. The van der Waals surface area contributed by atoms with Crippen LogP contribution in [0.2, 0.25) is 0 Å². The lowest BCUT2D eigenvalue weighted by Gasteiger charge is -2.14. The minimum absolute atomic E-state index is 0.303. The van der Waals surface area contributed by atoms with Gasteiger partial charge in [-0.15, -0.1) is 5.10 Å². The SMILES string of the molecule is CCN(C)C.O=C1OC(Cn2ccnn2)CN1c1ccc(-c2ccc(C3=NOCC3)nc2)c(F)c1. The third-order valence-corrected chi connectivity index (χ3v) is 5.61. The molecule has 1 amide bonds. The molecule has 1 saturated heterocycles. The Balaban J connectivity index is 0.000000527. The number of carbonyl (C=O) groups excluding carboxylic acids is 1. The molecule has 2 aliphatic heterocycles. The maximum atomic E-state index is 14.8. The number of carbonyl (C=O) groups is 1. The van der Waals surface area contributed by atoms with Crippen molar-refractivity contribution in [1.29, 1.82) is 0 Å². The van der Waals surface area contributed by atoms with E-state index in [1.807, 2.05) is 0 Å². The third kappa shape index (κ3) is 5.99. The first-order valence-corrected chi connectivity index (χ1v) is 11.4. The molecule has 0 bridgehead atoms. The summed E-state index contributed by atoms with van der Waals surface area (Å²) in [6, 6.07) is 8.25. The summed E-state index contributed by atoms with van der Waals surface area (Å²) in [6.45, 7) is 4.50. The molecular weight excluding hydrogens is 453 g/mol. The van der Waals surface area contributed by atoms with Crippen molar-refractivity contribution in [3.05, 3.63) is 60.4 Å². The van der Waals surface area contributed by atoms with Crippen LogP contribution >= 0.6 is 0 Å². The van der Waals surface area contributed by atoms with Gasteiger partial charge in [0, 0.05) is 29.9 Å². The van der Waals surface area contributed by atoms with Gasteiger partial charge in [-0.3, -0.25) is 9.88 Å². The lowest BCUT2D eigenvalue weighted by atomic mass is 10.0. The molecule has 3 aromatic rings. The molecule has 1 atom stereocenters. The molecule has 0 aliphatic carbocycles. The van der Waals surface area contributed by atoms with Gasteiger partial charge >= 0.3 is 6.09 Å². The molecular formula is C24H28FN7O3. The maximum absolute atomic E-state index is 14.8. The summed E-state index contributed by atoms with van der Waals surface area (Å²) in [5, 5.41) is 11.5. The van der Waals surface area contributed by atoms with E-state index in [9.17, 15) is 9.18 Å². The second-order valence-electron chi connectivity index (χ2n) is 8.35. The van der Waals surface area contributed by atoms with Crippen LogP contribution in [0, 0.1) is 5.82 Å². The van der Waals surface area contributed by atoms with Crippen molar-refractivity contribution in [1.82, 2.24) is 24.9 Å². The van der Waals surface area contributed by atoms with E-state index in [1.165, 1.54) is 11.0 Å². The number of nitrogens with zero attached hydrogens (tertiary/aromatic N) is 7. The first kappa shape index (κ1) is 24.3. The zero-order valence-corrected chi connectivity index (χ0v) is 20.0. The average molecular weight is 482 g/mol. The molecule has 0 spiro atoms. The van der Waals surface area contributed by atoms with Gasteiger partial charge in [0.2, 0.25) is 0 Å². The van der Waals surface area contributed by atoms with E-state index in [-0.39, 0.29) is 6.10 Å². The Morgan fingerprint density at radius 1 is 1.23 bits per heavy atom. The van der Waals surface area contributed by atoms with E-state index in [0.717, 1.165) is 12.3 Å². The quantitative estimate of drug-likeness (QED) is 0.533. The minimum atomic E-state index is -0.516. The molecule has 184 valence electrons. The molecule has 5 rings (SSSR count). The number of amides is 1. The van der Waals surface area contributed by atoms with Crippen LogP contribution in [0.15, 0.2) is 54.1 Å². The molecule has 1 fully saturated rings. The number of hydrogen-bond acceptors (Lipinski definition) is 8. The number of aromatic nitrogens is 4. The molecule has 0 saturated carbocycles. The third-order valence-electron chi connectivity index (χ3n) is 5.61. The largest absolute Gasteiger partial charge is 0.442 e. The highest BCUT2D eigenvalue weighted by Gasteiger charge is 2.33. The fourth-order valence-corrected chi connectivity index (χ4v) is 3.48. The van der Waals surface area contributed by atoms with Crippen molar-refractivity contribution in [3.8, 4) is 11.1 Å². The molecule has 1 aromatic carbocycles. The summed E-state index contributed by atoms with van der Waals surface area (Å²) in [4.78, 5) is 25.1. The van der Waals surface area contributed by atoms with E-state index < -0.39 is 11.9 Å². The lowest BCUT2D eigenvalue weighted by molar-refractivity contribution is 0.129. The molecule has 2 aliphatic rings. The van der Waals surface area contributed by atoms with Gasteiger partial charge in [0.25, 0.3) is 0 Å². The van der Waals surface area contributed by atoms with Gasteiger partial charge in [0.1, 0.15) is 24.2 Å². The highest BCUT2D eigenvalue weighted by molar-refractivity contribution is 5.99. The standard InChI is InChI=1S/C20H17FN6O3.C4H11N/c21-17-9-14(27-12-15(30-20(27)28)11-26-7-6-23-25-26)2-3-16(17)13-1-4-18(22-10-13)19-5-8-29-24-19;1-4-5(2)3/h1-4,6-7,9-10,15H,5,8,11-12H2;4H2,1-3H3. The number of anilines is 1. The monoisotopic (exact) mass is 481 g/mol. The molecule has 0 N–H and O–H groups in total. The smallest absolute Gasteiger partial charge is 0.414 e. The molecule has 11 heteroatoms. The molecule has 2 aromatic heterocycles. The summed E-state index contributed by atoms with van der Waals surface area (Å²) in [6.07, 6.45) is 4.65. The normalized spacial score (nSPS) is 17.1. The Morgan fingerprint density at radius 3 is 2.66 bits per heavy atom. The van der Waals surface area contributed by atoms with Gasteiger partial charge in [-0.2, -0.15) is 0 Å². The van der Waals surface area contributed by atoms with E-state index in [1.54, 1.807) is 47.5 Å². The second kappa shape index (κ2) is 11.0. The van der Waals surface area contributed by atoms with Gasteiger partial charge in [0.05, 0.1) is 30.7 Å². The van der Waals surface area contributed by atoms with Crippen LogP contribution in [-0.2, 0) is 16.1 Å². The number of benzene rings is 1. The number of oxime groups is 1. The van der Waals surface area contributed by atoms with Crippen molar-refractivity contribution in [3.63, 3.8) is 0 Å². The predicted molar refractivity (Wildman–Crippen MR) is 129 cm³/mol. The van der Waals surface area contributed by atoms with Gasteiger partial charge in [-0.25, -0.2) is 13.9 Å². The van der Waals surface area contributed by atoms with Crippen LogP contribution in [-0.4, -0.2) is 76.6 Å². The molecule has 10 nitrogen and oxygen atoms in total. The fraction of sp³-hybridized carbons (Fsp3) is 0.375. The summed E-state index contributed by atoms with van der Waals surface area (Å²) in [5.74, 6) is -0.448. The van der Waals surface area contributed by atoms with Crippen LogP contribution < -0.4 is 4.90 Å². The summed E-state index contributed by atoms with van der Waals surface area (Å²) in [5.41, 5.74) is 2.96. The Hall–Kier alpha value is -3.86. The second-order valence-corrected chi connectivity index (χ2v) is 8.35. The summed E-state index contributed by atoms with van der Waals surface area (Å²) in [7, 11) is 4.11. The number of rotatable bonds is 6. The maximum Gasteiger partial charge on any atom is 0.414 e. The fourth-order valence-electron chi connectivity index (χ4n) is 3.48. The van der Waals surface area contributed by atoms with Crippen LogP contribution in [0.25, 0.3) is 11.1 Å². The molecule has 0 radical (unpaired) electrons. The zero-order chi connectivity index (χ0) is 24.8. The first-order chi connectivity index (χ1) is 16.9. The van der Waals surface area contributed by atoms with E-state index in [4.69, 9.17) is 9.57 Å². The molecule has 35 heavy (non-hydrogen) atoms. The van der Waals surface area contributed by atoms with E-state index in [0.29, 0.717) is 48.6 Å². The highest BCUT2D eigenvalue weighted by Crippen LogP contribution is 2.29. The van der Waals surface area contributed by atoms with Crippen LogP contribution in [0.4, 0.5) is 14.9 Å². The van der Waals surface area contributed by atoms with Gasteiger partial charge in [0.15, 0.2) is 0 Å². The number of ether oxygens (including phenoxy) is 1. The van der Waals surface area contributed by atoms with Crippen molar-refractivity contribution in [2.45, 2.75) is 26.0 Å². The van der Waals surface area contributed by atoms with Gasteiger partial charge in [-0.05, 0) is 44.9 Å². The van der Waals surface area contributed by atoms with E-state index >= 15 is 0 Å². The zero-order valence-electron chi connectivity index (χ0n) is 20.0. The number of halogens is 1. The van der Waals surface area contributed by atoms with Crippen molar-refractivity contribution >= 4 is 17.5 Å². The van der Waals surface area contributed by atoms with Gasteiger partial charge < -0.3 is 14.5 Å². The topological polar surface area (TPSA) is 98.0 Å². The van der Waals surface area contributed by atoms with Gasteiger partial charge in [-0.1, -0.05) is 23.4 Å². The first-order valence-electron chi connectivity index (χ1n) is 11.4. The summed E-state index contributed by atoms with van der Waals surface area (Å²) < 4.78 is 21.8. The lowest BCUT2D eigenvalue weighted by Crippen LogP contribution is -2.26. The minimum Gasteiger partial charge on any atom is -0.442 e. The van der Waals surface area contributed by atoms with Crippen LogP contribution in [0.3, 0.4) is 0 Å². The molecule has 4 heterocycles. The van der Waals surface area contributed by atoms with Crippen molar-refractivity contribution in [2.24, 2.45) is 5.16 Å². The van der Waals surface area contributed by atoms with Crippen molar-refractivity contribution in [2.75, 3.05) is 38.7 Å². The Labute approximate surface area is 202 Å². The van der Waals surface area contributed by atoms with Crippen molar-refractivity contribution < 1.29 is 18.8 Å². The highest BCUT2D eigenvalue weighted by atomic mass is 19.1.